The molecule has 1 heterocycles. The molecule has 1 atom stereocenters. The van der Waals surface area contributed by atoms with Crippen LogP contribution in [0.4, 0.5) is 4.79 Å². The number of esters is 1. The highest BCUT2D eigenvalue weighted by atomic mass is 16.7. The van der Waals surface area contributed by atoms with Crippen LogP contribution in [-0.2, 0) is 38.4 Å². The number of hydrogen-bond acceptors (Lipinski definition) is 8. The van der Waals surface area contributed by atoms with Crippen LogP contribution < -0.4 is 10.1 Å². The minimum absolute atomic E-state index is 0.0861. The van der Waals surface area contributed by atoms with Crippen LogP contribution in [0.3, 0.4) is 0 Å². The van der Waals surface area contributed by atoms with E-state index in [0.29, 0.717) is 31.7 Å². The molecule has 0 radical (unpaired) electrons. The van der Waals surface area contributed by atoms with E-state index in [0.717, 1.165) is 22.5 Å². The molecule has 1 amide bonds. The van der Waals surface area contributed by atoms with Crippen molar-refractivity contribution in [2.75, 3.05) is 34.6 Å². The topological polar surface area (TPSA) is 104 Å². The van der Waals surface area contributed by atoms with Gasteiger partial charge in [-0.15, -0.1) is 0 Å². The number of nitrogens with zero attached hydrogens (tertiary/aromatic N) is 3. The summed E-state index contributed by atoms with van der Waals surface area (Å²) in [6.07, 6.45) is 4.08. The summed E-state index contributed by atoms with van der Waals surface area (Å²) in [6.45, 7) is 6.57. The van der Waals surface area contributed by atoms with Crippen molar-refractivity contribution in [3.63, 3.8) is 0 Å². The van der Waals surface area contributed by atoms with Crippen LogP contribution >= 0.6 is 0 Å². The molecule has 40 heavy (non-hydrogen) atoms. The zero-order valence-corrected chi connectivity index (χ0v) is 24.2. The highest BCUT2D eigenvalue weighted by Gasteiger charge is 2.26. The first-order chi connectivity index (χ1) is 19.1. The number of carbonyl (C=O) groups excluding carboxylic acids is 2. The summed E-state index contributed by atoms with van der Waals surface area (Å²) in [7, 11) is 4.86. The van der Waals surface area contributed by atoms with Gasteiger partial charge < -0.3 is 28.8 Å². The average Bonchev–Trinajstić information content (AvgIpc) is 3.38. The molecule has 3 aromatic rings. The van der Waals surface area contributed by atoms with E-state index in [-0.39, 0.29) is 12.8 Å². The third-order valence-corrected chi connectivity index (χ3v) is 6.03. The maximum Gasteiger partial charge on any atom is 0.407 e. The van der Waals surface area contributed by atoms with E-state index in [4.69, 9.17) is 18.9 Å². The molecule has 0 bridgehead atoms. The molecule has 1 aromatic heterocycles. The Labute approximate surface area is 236 Å². The van der Waals surface area contributed by atoms with Gasteiger partial charge in [-0.05, 0) is 57.5 Å². The van der Waals surface area contributed by atoms with Crippen LogP contribution in [0.25, 0.3) is 5.69 Å². The molecule has 0 spiro atoms. The van der Waals surface area contributed by atoms with Gasteiger partial charge >= 0.3 is 12.1 Å². The van der Waals surface area contributed by atoms with Gasteiger partial charge in [-0.25, -0.2) is 9.78 Å². The Hall–Kier alpha value is -3.89. The number of carbonyl (C=O) groups is 2. The first-order valence-corrected chi connectivity index (χ1v) is 13.2. The SMILES string of the molecule is COCOc1ccc(CCNC(=O)OC(C)(C)C)cc1-n1cnc(C[C@@H](C(=O)OC)N(C)Cc2ccccc2)c1. The zero-order chi connectivity index (χ0) is 29.1. The van der Waals surface area contributed by atoms with E-state index < -0.39 is 17.7 Å². The smallest absolute Gasteiger partial charge is 0.407 e. The summed E-state index contributed by atoms with van der Waals surface area (Å²) in [5.74, 6) is 0.289. The predicted molar refractivity (Wildman–Crippen MR) is 151 cm³/mol. The predicted octanol–water partition coefficient (Wildman–Crippen LogP) is 4.14. The maximum absolute atomic E-state index is 12.7. The lowest BCUT2D eigenvalue weighted by molar-refractivity contribution is -0.146. The zero-order valence-electron chi connectivity index (χ0n) is 24.2. The van der Waals surface area contributed by atoms with E-state index >= 15 is 0 Å². The van der Waals surface area contributed by atoms with Gasteiger partial charge in [-0.3, -0.25) is 9.69 Å². The van der Waals surface area contributed by atoms with Gasteiger partial charge in [-0.2, -0.15) is 0 Å². The van der Waals surface area contributed by atoms with Crippen LogP contribution in [0, 0.1) is 0 Å². The number of methoxy groups -OCH3 is 2. The highest BCUT2D eigenvalue weighted by Crippen LogP contribution is 2.26. The van der Waals surface area contributed by atoms with Gasteiger partial charge in [0.25, 0.3) is 0 Å². The van der Waals surface area contributed by atoms with E-state index in [1.807, 2.05) is 92.0 Å². The molecule has 0 aliphatic rings. The number of rotatable bonds is 13. The summed E-state index contributed by atoms with van der Waals surface area (Å²) in [5, 5.41) is 2.79. The van der Waals surface area contributed by atoms with Gasteiger partial charge in [0, 0.05) is 32.8 Å². The van der Waals surface area contributed by atoms with Crippen molar-refractivity contribution in [2.24, 2.45) is 0 Å². The lowest BCUT2D eigenvalue weighted by Gasteiger charge is -2.25. The Kier molecular flexibility index (Phi) is 11.1. The Morgan fingerprint density at radius 1 is 1.07 bits per heavy atom. The Morgan fingerprint density at radius 2 is 1.82 bits per heavy atom. The second-order valence-corrected chi connectivity index (χ2v) is 10.4. The van der Waals surface area contributed by atoms with Crippen molar-refractivity contribution < 1.29 is 28.5 Å². The molecular weight excluding hydrogens is 512 g/mol. The lowest BCUT2D eigenvalue weighted by Crippen LogP contribution is -2.40. The number of nitrogens with one attached hydrogen (secondary N) is 1. The van der Waals surface area contributed by atoms with Crippen molar-refractivity contribution in [1.29, 1.82) is 0 Å². The molecule has 0 aliphatic carbocycles. The summed E-state index contributed by atoms with van der Waals surface area (Å²) >= 11 is 0. The molecule has 1 N–H and O–H groups in total. The summed E-state index contributed by atoms with van der Waals surface area (Å²) in [4.78, 5) is 31.2. The van der Waals surface area contributed by atoms with E-state index in [1.165, 1.54) is 7.11 Å². The monoisotopic (exact) mass is 552 g/mol. The molecule has 2 aromatic carbocycles. The van der Waals surface area contributed by atoms with Gasteiger partial charge in [0.2, 0.25) is 0 Å². The fourth-order valence-corrected chi connectivity index (χ4v) is 4.12. The number of ether oxygens (including phenoxy) is 4. The molecule has 10 heteroatoms. The molecule has 0 aliphatic heterocycles. The van der Waals surface area contributed by atoms with Crippen molar-refractivity contribution in [1.82, 2.24) is 19.8 Å². The number of alkyl carbamates (subject to hydrolysis) is 1. The number of aromatic nitrogens is 2. The largest absolute Gasteiger partial charge is 0.468 e. The quantitative estimate of drug-likeness (QED) is 0.249. The Balaban J connectivity index is 1.76. The Morgan fingerprint density at radius 3 is 2.50 bits per heavy atom. The van der Waals surface area contributed by atoms with Crippen LogP contribution in [0.15, 0.2) is 61.1 Å². The molecule has 3 rings (SSSR count). The van der Waals surface area contributed by atoms with Crippen LogP contribution in [0.5, 0.6) is 5.75 Å². The van der Waals surface area contributed by atoms with Crippen molar-refractivity contribution in [3.05, 3.63) is 77.9 Å². The molecule has 216 valence electrons. The molecular formula is C30H40N4O6. The molecule has 10 nitrogen and oxygen atoms in total. The third kappa shape index (κ3) is 9.39. The van der Waals surface area contributed by atoms with Gasteiger partial charge in [0.15, 0.2) is 6.79 Å². The van der Waals surface area contributed by atoms with Gasteiger partial charge in [0.05, 0.1) is 24.8 Å². The first kappa shape index (κ1) is 30.6. The molecule has 0 fully saturated rings. The maximum atomic E-state index is 12.7. The summed E-state index contributed by atoms with van der Waals surface area (Å²) < 4.78 is 23.2. The van der Waals surface area contributed by atoms with Crippen molar-refractivity contribution in [2.45, 2.75) is 51.8 Å². The van der Waals surface area contributed by atoms with Crippen molar-refractivity contribution >= 4 is 12.1 Å². The number of imidazole rings is 1. The minimum Gasteiger partial charge on any atom is -0.468 e. The highest BCUT2D eigenvalue weighted by molar-refractivity contribution is 5.76. The second-order valence-electron chi connectivity index (χ2n) is 10.4. The molecule has 0 saturated heterocycles. The first-order valence-electron chi connectivity index (χ1n) is 13.2. The van der Waals surface area contributed by atoms with Crippen LogP contribution in [0.1, 0.15) is 37.6 Å². The summed E-state index contributed by atoms with van der Waals surface area (Å²) in [5.41, 5.74) is 3.02. The van der Waals surface area contributed by atoms with Crippen LogP contribution in [-0.4, -0.2) is 72.8 Å². The second kappa shape index (κ2) is 14.5. The van der Waals surface area contributed by atoms with E-state index in [9.17, 15) is 9.59 Å². The summed E-state index contributed by atoms with van der Waals surface area (Å²) in [6, 6.07) is 15.2. The van der Waals surface area contributed by atoms with Gasteiger partial charge in [-0.1, -0.05) is 36.4 Å². The number of hydrogen-bond donors (Lipinski definition) is 1. The van der Waals surface area contributed by atoms with Gasteiger partial charge in [0.1, 0.15) is 17.4 Å². The standard InChI is InChI=1S/C30H40N4O6/c1-30(2,3)40-29(36)31-15-14-22-12-13-27(39-21-37-5)25(16-22)34-19-24(32-20-34)17-26(28(35)38-6)33(4)18-23-10-8-7-9-11-23/h7-13,16,19-20,26H,14-15,17-18,21H2,1-6H3,(H,31,36)/t26-/m0/s1. The number of amides is 1. The van der Waals surface area contributed by atoms with Crippen molar-refractivity contribution in [3.8, 4) is 11.4 Å². The molecule has 0 unspecified atom stereocenters. The third-order valence-electron chi connectivity index (χ3n) is 6.03. The normalized spacial score (nSPS) is 12.2. The number of benzene rings is 2. The molecule has 0 saturated carbocycles. The average molecular weight is 553 g/mol. The van der Waals surface area contributed by atoms with Crippen LogP contribution in [0.2, 0.25) is 0 Å². The minimum atomic E-state index is -0.556. The lowest BCUT2D eigenvalue weighted by atomic mass is 10.1. The Bertz CT molecular complexity index is 1240. The van der Waals surface area contributed by atoms with E-state index in [2.05, 4.69) is 10.3 Å². The number of likely N-dealkylation sites (N-methyl/N-ethyl adjacent to an activating group) is 1. The fourth-order valence-electron chi connectivity index (χ4n) is 4.12. The van der Waals surface area contributed by atoms with E-state index in [1.54, 1.807) is 13.4 Å². The fraction of sp³-hybridized carbons (Fsp3) is 0.433.